The molecule has 6 nitrogen and oxygen atoms in total. The van der Waals surface area contributed by atoms with E-state index in [-0.39, 0.29) is 0 Å². The van der Waals surface area contributed by atoms with Crippen LogP contribution in [0.4, 0.5) is 0 Å². The number of hydrogen-bond acceptors (Lipinski definition) is 3. The Bertz CT molecular complexity index is 549. The predicted octanol–water partition coefficient (Wildman–Crippen LogP) is 10.2. The number of quaternary nitrogens is 2. The average Bonchev–Trinajstić information content (AvgIpc) is 2.92. The molecule has 0 atom stereocenters. The summed E-state index contributed by atoms with van der Waals surface area (Å²) in [6, 6.07) is 0. The van der Waals surface area contributed by atoms with Gasteiger partial charge in [0, 0.05) is 0 Å². The van der Waals surface area contributed by atoms with Crippen LogP contribution in [0.2, 0.25) is 0 Å². The SMILES string of the molecule is CCCCCCCCCCCCCCCC[N+](C)(C)C.CCCCCCCCCCCCCCCC[N+](C)(C)C.O=P([O-])([O-])O. The van der Waals surface area contributed by atoms with Crippen LogP contribution in [0.1, 0.15) is 194 Å². The van der Waals surface area contributed by atoms with Crippen LogP contribution < -0.4 is 9.79 Å². The van der Waals surface area contributed by atoms with Crippen molar-refractivity contribution in [2.24, 2.45) is 0 Å². The van der Waals surface area contributed by atoms with Gasteiger partial charge in [0.05, 0.1) is 63.2 Å². The lowest BCUT2D eigenvalue weighted by Crippen LogP contribution is -2.35. The number of unbranched alkanes of at least 4 members (excludes halogenated alkanes) is 26. The van der Waals surface area contributed by atoms with Gasteiger partial charge in [0.2, 0.25) is 0 Å². The second-order valence-electron chi connectivity index (χ2n) is 15.7. The van der Waals surface area contributed by atoms with Gasteiger partial charge in [0.25, 0.3) is 0 Å². The molecule has 0 unspecified atom stereocenters. The van der Waals surface area contributed by atoms with Crippen molar-refractivity contribution in [3.8, 4) is 0 Å². The summed E-state index contributed by atoms with van der Waals surface area (Å²) in [5, 5.41) is 0. The molecular weight excluding hydrogens is 579 g/mol. The molecule has 0 aliphatic heterocycles. The Morgan fingerprint density at radius 1 is 0.378 bits per heavy atom. The van der Waals surface area contributed by atoms with Gasteiger partial charge in [-0.1, -0.05) is 168 Å². The van der Waals surface area contributed by atoms with Gasteiger partial charge in [-0.3, -0.25) is 0 Å². The molecule has 0 aromatic carbocycles. The molecule has 7 heteroatoms. The molecule has 45 heavy (non-hydrogen) atoms. The van der Waals surface area contributed by atoms with E-state index in [2.05, 4.69) is 56.1 Å². The minimum Gasteiger partial charge on any atom is -0.790 e. The number of nitrogens with zero attached hydrogens (tertiary/aromatic N) is 2. The molecule has 0 aromatic heterocycles. The van der Waals surface area contributed by atoms with Crippen molar-refractivity contribution in [2.75, 3.05) is 55.4 Å². The summed E-state index contributed by atoms with van der Waals surface area (Å²) in [5.41, 5.74) is 0. The van der Waals surface area contributed by atoms with Crippen LogP contribution in [-0.4, -0.2) is 69.2 Å². The molecule has 0 aliphatic rings. The zero-order valence-corrected chi connectivity index (χ0v) is 33.1. The minimum absolute atomic E-state index is 1.12. The average molecular weight is 665 g/mol. The lowest BCUT2D eigenvalue weighted by molar-refractivity contribution is -0.870. The third-order valence-corrected chi connectivity index (χ3v) is 8.36. The molecule has 0 saturated carbocycles. The molecule has 0 bridgehead atoms. The van der Waals surface area contributed by atoms with E-state index >= 15 is 0 Å². The largest absolute Gasteiger partial charge is 0.790 e. The maximum atomic E-state index is 8.66. The summed E-state index contributed by atoms with van der Waals surface area (Å²) in [6.07, 6.45) is 40.7. The Hall–Kier alpha value is 0.0300. The maximum Gasteiger partial charge on any atom is 0.0780 e. The second-order valence-corrected chi connectivity index (χ2v) is 16.6. The molecule has 0 aliphatic carbocycles. The monoisotopic (exact) mass is 665 g/mol. The van der Waals surface area contributed by atoms with E-state index in [0.717, 1.165) is 8.97 Å². The highest BCUT2D eigenvalue weighted by atomic mass is 31.2. The van der Waals surface area contributed by atoms with Crippen molar-refractivity contribution in [3.63, 3.8) is 0 Å². The van der Waals surface area contributed by atoms with Gasteiger partial charge in [-0.25, -0.2) is 0 Å². The van der Waals surface area contributed by atoms with Crippen LogP contribution in [0, 0.1) is 0 Å². The van der Waals surface area contributed by atoms with Gasteiger partial charge in [-0.05, 0) is 25.7 Å². The Morgan fingerprint density at radius 3 is 0.644 bits per heavy atom. The first-order valence-corrected chi connectivity index (χ1v) is 21.0. The molecular formula is C38H85N2O4P. The molecule has 0 heterocycles. The number of rotatable bonds is 30. The van der Waals surface area contributed by atoms with Crippen molar-refractivity contribution >= 4 is 7.82 Å². The van der Waals surface area contributed by atoms with E-state index in [0.29, 0.717) is 0 Å². The molecule has 0 amide bonds. The topological polar surface area (TPSA) is 83.4 Å². The van der Waals surface area contributed by atoms with E-state index in [4.69, 9.17) is 19.2 Å². The van der Waals surface area contributed by atoms with Crippen LogP contribution in [0.15, 0.2) is 0 Å². The minimum atomic E-state index is -5.14. The van der Waals surface area contributed by atoms with Crippen LogP contribution >= 0.6 is 7.82 Å². The highest BCUT2D eigenvalue weighted by Gasteiger charge is 2.06. The van der Waals surface area contributed by atoms with Gasteiger partial charge < -0.3 is 28.2 Å². The van der Waals surface area contributed by atoms with E-state index < -0.39 is 7.82 Å². The van der Waals surface area contributed by atoms with Crippen molar-refractivity contribution in [2.45, 2.75) is 194 Å². The van der Waals surface area contributed by atoms with Crippen molar-refractivity contribution in [1.29, 1.82) is 0 Å². The summed E-state index contributed by atoms with van der Waals surface area (Å²) in [5.74, 6) is 0. The normalized spacial score (nSPS) is 12.0. The lowest BCUT2D eigenvalue weighted by Gasteiger charge is -2.23. The summed E-state index contributed by atoms with van der Waals surface area (Å²) < 4.78 is 10.9. The fourth-order valence-electron chi connectivity index (χ4n) is 5.56. The third kappa shape index (κ3) is 67.2. The first-order chi connectivity index (χ1) is 21.1. The van der Waals surface area contributed by atoms with Crippen LogP contribution in [0.5, 0.6) is 0 Å². The summed E-state index contributed by atoms with van der Waals surface area (Å²) in [7, 11) is 8.62. The summed E-state index contributed by atoms with van der Waals surface area (Å²) in [6.45, 7) is 7.25. The molecule has 0 saturated heterocycles. The lowest BCUT2D eigenvalue weighted by atomic mass is 10.0. The Labute approximate surface area is 284 Å². The summed E-state index contributed by atoms with van der Waals surface area (Å²) in [4.78, 5) is 24.3. The predicted molar refractivity (Wildman–Crippen MR) is 196 cm³/mol. The van der Waals surface area contributed by atoms with Crippen LogP contribution in [0.3, 0.4) is 0 Å². The zero-order valence-electron chi connectivity index (χ0n) is 32.2. The molecule has 0 spiro atoms. The Kier molecular flexibility index (Phi) is 38.8. The maximum absolute atomic E-state index is 8.66. The van der Waals surface area contributed by atoms with E-state index in [1.165, 1.54) is 193 Å². The van der Waals surface area contributed by atoms with Crippen molar-refractivity contribution in [3.05, 3.63) is 0 Å². The highest BCUT2D eigenvalue weighted by Crippen LogP contribution is 2.15. The standard InChI is InChI=1S/2C19H42N.H3O4P/c2*1-5-6-7-8-9-10-11-12-13-14-15-16-17-18-19-20(2,3)4;1-5(2,3)4/h2*5-19H2,1-4H3;(H3,1,2,3,4)/q2*+1;/p-2. The number of hydrogen-bond donors (Lipinski definition) is 1. The molecule has 0 fully saturated rings. The van der Waals surface area contributed by atoms with Crippen LogP contribution in [-0.2, 0) is 4.57 Å². The molecule has 0 aromatic rings. The highest BCUT2D eigenvalue weighted by molar-refractivity contribution is 7.42. The van der Waals surface area contributed by atoms with Gasteiger partial charge in [0.1, 0.15) is 0 Å². The fourth-order valence-corrected chi connectivity index (χ4v) is 5.56. The molecule has 0 rings (SSSR count). The molecule has 1 N–H and O–H groups in total. The first kappa shape index (κ1) is 49.4. The van der Waals surface area contributed by atoms with Crippen LogP contribution in [0.25, 0.3) is 0 Å². The quantitative estimate of drug-likeness (QED) is 0.0471. The Balaban J connectivity index is -0.000000680. The van der Waals surface area contributed by atoms with Crippen molar-refractivity contribution < 1.29 is 28.2 Å². The van der Waals surface area contributed by atoms with Gasteiger partial charge in [0.15, 0.2) is 0 Å². The number of phosphoric acid groups is 1. The second kappa shape index (κ2) is 35.3. The van der Waals surface area contributed by atoms with E-state index in [1.807, 2.05) is 0 Å². The molecule has 0 radical (unpaired) electrons. The third-order valence-electron chi connectivity index (χ3n) is 8.36. The van der Waals surface area contributed by atoms with E-state index in [1.54, 1.807) is 0 Å². The summed E-state index contributed by atoms with van der Waals surface area (Å²) >= 11 is 0. The smallest absolute Gasteiger partial charge is 0.0780 e. The fraction of sp³-hybridized carbons (Fsp3) is 1.00. The first-order valence-electron chi connectivity index (χ1n) is 19.5. The molecule has 276 valence electrons. The van der Waals surface area contributed by atoms with Gasteiger partial charge in [-0.2, -0.15) is 0 Å². The van der Waals surface area contributed by atoms with E-state index in [9.17, 15) is 0 Å². The van der Waals surface area contributed by atoms with Crippen molar-refractivity contribution in [1.82, 2.24) is 0 Å². The van der Waals surface area contributed by atoms with Gasteiger partial charge >= 0.3 is 0 Å². The Morgan fingerprint density at radius 2 is 0.511 bits per heavy atom. The van der Waals surface area contributed by atoms with Gasteiger partial charge in [-0.15, -0.1) is 0 Å². The zero-order chi connectivity index (χ0) is 34.7.